The number of halogens is 1. The van der Waals surface area contributed by atoms with Gasteiger partial charge < -0.3 is 5.32 Å². The van der Waals surface area contributed by atoms with Crippen LogP contribution in [0.4, 0.5) is 0 Å². The monoisotopic (exact) mass is 279 g/mol. The van der Waals surface area contributed by atoms with E-state index in [0.29, 0.717) is 0 Å². The zero-order valence-corrected chi connectivity index (χ0v) is 12.1. The van der Waals surface area contributed by atoms with Crippen molar-refractivity contribution in [3.8, 4) is 0 Å². The van der Waals surface area contributed by atoms with Gasteiger partial charge in [0.25, 0.3) is 0 Å². The molecule has 1 aromatic rings. The summed E-state index contributed by atoms with van der Waals surface area (Å²) in [5.41, 5.74) is 0.937. The second-order valence-electron chi connectivity index (χ2n) is 5.31. The van der Waals surface area contributed by atoms with Crippen molar-refractivity contribution in [2.75, 3.05) is 12.4 Å². The third kappa shape index (κ3) is 3.73. The van der Waals surface area contributed by atoms with Gasteiger partial charge in [-0.1, -0.05) is 43.2 Å². The second-order valence-corrected chi connectivity index (χ2v) is 5.69. The summed E-state index contributed by atoms with van der Waals surface area (Å²) in [6.45, 7) is 0.787. The normalized spacial score (nSPS) is 16.1. The molecule has 1 saturated carbocycles. The zero-order chi connectivity index (χ0) is 13.6. The van der Waals surface area contributed by atoms with Crippen LogP contribution in [0.15, 0.2) is 30.3 Å². The quantitative estimate of drug-likeness (QED) is 0.571. The lowest BCUT2D eigenvalue weighted by Gasteiger charge is -2.15. The summed E-state index contributed by atoms with van der Waals surface area (Å²) >= 11 is 5.63. The molecule has 1 aliphatic rings. The minimum Gasteiger partial charge on any atom is -0.355 e. The molecule has 1 fully saturated rings. The summed E-state index contributed by atoms with van der Waals surface area (Å²) in [7, 11) is 0. The molecule has 0 unspecified atom stereocenters. The van der Waals surface area contributed by atoms with Gasteiger partial charge in [0, 0.05) is 12.4 Å². The lowest BCUT2D eigenvalue weighted by molar-refractivity contribution is -0.123. The molecule has 0 spiro atoms. The predicted octanol–water partition coefficient (Wildman–Crippen LogP) is 3.63. The first-order valence-electron chi connectivity index (χ1n) is 7.19. The first-order valence-corrected chi connectivity index (χ1v) is 7.73. The maximum atomic E-state index is 12.3. The van der Waals surface area contributed by atoms with E-state index >= 15 is 0 Å². The summed E-state index contributed by atoms with van der Waals surface area (Å²) in [4.78, 5) is 12.3. The van der Waals surface area contributed by atoms with Crippen LogP contribution in [-0.2, 0) is 10.2 Å². The van der Waals surface area contributed by atoms with Crippen molar-refractivity contribution in [1.29, 1.82) is 0 Å². The molecule has 0 aliphatic heterocycles. The average molecular weight is 280 g/mol. The molecule has 1 N–H and O–H groups in total. The van der Waals surface area contributed by atoms with Gasteiger partial charge >= 0.3 is 0 Å². The second kappa shape index (κ2) is 6.95. The van der Waals surface area contributed by atoms with E-state index in [9.17, 15) is 4.79 Å². The van der Waals surface area contributed by atoms with Crippen LogP contribution >= 0.6 is 11.6 Å². The molecule has 3 heteroatoms. The number of hydrogen-bond donors (Lipinski definition) is 1. The van der Waals surface area contributed by atoms with E-state index < -0.39 is 0 Å². The molecule has 2 rings (SSSR count). The van der Waals surface area contributed by atoms with Crippen LogP contribution in [0.25, 0.3) is 0 Å². The average Bonchev–Trinajstić information content (AvgIpc) is 3.25. The Kier molecular flexibility index (Phi) is 5.26. The summed E-state index contributed by atoms with van der Waals surface area (Å²) < 4.78 is 0. The highest BCUT2D eigenvalue weighted by molar-refractivity contribution is 6.17. The number of nitrogens with one attached hydrogen (secondary N) is 1. The summed E-state index contributed by atoms with van der Waals surface area (Å²) in [6.07, 6.45) is 6.38. The van der Waals surface area contributed by atoms with Crippen molar-refractivity contribution >= 4 is 17.5 Å². The zero-order valence-electron chi connectivity index (χ0n) is 11.3. The van der Waals surface area contributed by atoms with E-state index in [1.165, 1.54) is 0 Å². The molecule has 0 aromatic heterocycles. The Morgan fingerprint density at radius 2 is 1.79 bits per heavy atom. The largest absolute Gasteiger partial charge is 0.355 e. The Labute approximate surface area is 120 Å². The SMILES string of the molecule is O=C(NCCCCCCCl)C1(c2ccccc2)CC1. The highest BCUT2D eigenvalue weighted by Gasteiger charge is 2.50. The molecule has 2 nitrogen and oxygen atoms in total. The minimum absolute atomic E-state index is 0.205. The fourth-order valence-electron chi connectivity index (χ4n) is 2.47. The van der Waals surface area contributed by atoms with E-state index in [-0.39, 0.29) is 11.3 Å². The van der Waals surface area contributed by atoms with Crippen LogP contribution in [0.5, 0.6) is 0 Å². The van der Waals surface area contributed by atoms with E-state index in [1.54, 1.807) is 0 Å². The van der Waals surface area contributed by atoms with E-state index in [0.717, 1.165) is 56.5 Å². The maximum absolute atomic E-state index is 12.3. The number of hydrogen-bond acceptors (Lipinski definition) is 1. The maximum Gasteiger partial charge on any atom is 0.230 e. The van der Waals surface area contributed by atoms with Crippen molar-refractivity contribution in [1.82, 2.24) is 5.32 Å². The first kappa shape index (κ1) is 14.4. The Balaban J connectivity index is 1.75. The van der Waals surface area contributed by atoms with Crippen LogP contribution in [0.2, 0.25) is 0 Å². The fourth-order valence-corrected chi connectivity index (χ4v) is 2.66. The Bertz CT molecular complexity index is 400. The van der Waals surface area contributed by atoms with Gasteiger partial charge in [-0.25, -0.2) is 0 Å². The van der Waals surface area contributed by atoms with E-state index in [2.05, 4.69) is 17.4 Å². The van der Waals surface area contributed by atoms with E-state index in [1.807, 2.05) is 18.2 Å². The van der Waals surface area contributed by atoms with Gasteiger partial charge in [0.2, 0.25) is 5.91 Å². The topological polar surface area (TPSA) is 29.1 Å². The number of carbonyl (C=O) groups is 1. The number of benzene rings is 1. The molecule has 1 aliphatic carbocycles. The van der Waals surface area contributed by atoms with Crippen molar-refractivity contribution in [3.05, 3.63) is 35.9 Å². The standard InChI is InChI=1S/C16H22ClNO/c17-12-6-1-2-7-13-18-15(19)16(10-11-16)14-8-4-3-5-9-14/h3-5,8-9H,1-2,6-7,10-13H2,(H,18,19). The molecule has 0 bridgehead atoms. The molecule has 104 valence electrons. The minimum atomic E-state index is -0.225. The molecule has 0 radical (unpaired) electrons. The number of amides is 1. The number of carbonyl (C=O) groups excluding carboxylic acids is 1. The van der Waals surface area contributed by atoms with Crippen molar-refractivity contribution in [3.63, 3.8) is 0 Å². The fraction of sp³-hybridized carbons (Fsp3) is 0.562. The van der Waals surface area contributed by atoms with Gasteiger partial charge in [-0.3, -0.25) is 4.79 Å². The van der Waals surface area contributed by atoms with Crippen molar-refractivity contribution < 1.29 is 4.79 Å². The molecule has 0 saturated heterocycles. The van der Waals surface area contributed by atoms with Gasteiger partial charge in [-0.2, -0.15) is 0 Å². The summed E-state index contributed by atoms with van der Waals surface area (Å²) in [6, 6.07) is 10.1. The van der Waals surface area contributed by atoms with Gasteiger partial charge in [0.1, 0.15) is 0 Å². The van der Waals surface area contributed by atoms with Gasteiger partial charge in [0.15, 0.2) is 0 Å². The van der Waals surface area contributed by atoms with Crippen LogP contribution < -0.4 is 5.32 Å². The number of alkyl halides is 1. The third-order valence-corrected chi connectivity index (χ3v) is 4.12. The van der Waals surface area contributed by atoms with Crippen molar-refractivity contribution in [2.24, 2.45) is 0 Å². The molecule has 1 aromatic carbocycles. The number of unbranched alkanes of at least 4 members (excludes halogenated alkanes) is 3. The highest BCUT2D eigenvalue weighted by Crippen LogP contribution is 2.48. The van der Waals surface area contributed by atoms with E-state index in [4.69, 9.17) is 11.6 Å². The van der Waals surface area contributed by atoms with Crippen LogP contribution in [-0.4, -0.2) is 18.3 Å². The molecule has 0 atom stereocenters. The van der Waals surface area contributed by atoms with Crippen LogP contribution in [0.3, 0.4) is 0 Å². The Morgan fingerprint density at radius 3 is 2.42 bits per heavy atom. The van der Waals surface area contributed by atoms with Gasteiger partial charge in [-0.05, 0) is 31.2 Å². The first-order chi connectivity index (χ1) is 9.29. The third-order valence-electron chi connectivity index (χ3n) is 3.86. The van der Waals surface area contributed by atoms with Gasteiger partial charge in [-0.15, -0.1) is 11.6 Å². The Morgan fingerprint density at radius 1 is 1.11 bits per heavy atom. The van der Waals surface area contributed by atoms with Crippen molar-refractivity contribution in [2.45, 2.75) is 43.9 Å². The van der Waals surface area contributed by atoms with Crippen LogP contribution in [0, 0.1) is 0 Å². The van der Waals surface area contributed by atoms with Crippen LogP contribution in [0.1, 0.15) is 44.1 Å². The van der Waals surface area contributed by atoms with Gasteiger partial charge in [0.05, 0.1) is 5.41 Å². The molecule has 19 heavy (non-hydrogen) atoms. The lowest BCUT2D eigenvalue weighted by Crippen LogP contribution is -2.35. The molecular formula is C16H22ClNO. The predicted molar refractivity (Wildman–Crippen MR) is 79.6 cm³/mol. The smallest absolute Gasteiger partial charge is 0.230 e. The summed E-state index contributed by atoms with van der Waals surface area (Å²) in [5.74, 6) is 0.944. The Hall–Kier alpha value is -1.02. The highest BCUT2D eigenvalue weighted by atomic mass is 35.5. The lowest BCUT2D eigenvalue weighted by atomic mass is 9.95. The molecular weight excluding hydrogens is 258 g/mol. The number of rotatable bonds is 8. The molecule has 0 heterocycles. The molecule has 1 amide bonds. The summed E-state index contributed by atoms with van der Waals surface area (Å²) in [5, 5.41) is 3.09.